The molecule has 3 aromatic rings. The summed E-state index contributed by atoms with van der Waals surface area (Å²) >= 11 is 0. The van der Waals surface area contributed by atoms with E-state index in [0.29, 0.717) is 6.54 Å². The number of nitrogens with zero attached hydrogens (tertiary/aromatic N) is 4. The van der Waals surface area contributed by atoms with Gasteiger partial charge in [-0.1, -0.05) is 6.07 Å². The summed E-state index contributed by atoms with van der Waals surface area (Å²) in [6.45, 7) is 4.75. The molecule has 0 bridgehead atoms. The quantitative estimate of drug-likeness (QED) is 0.788. The fourth-order valence-corrected chi connectivity index (χ4v) is 2.64. The number of aromatic nitrogens is 4. The van der Waals surface area contributed by atoms with Crippen LogP contribution < -0.4 is 5.32 Å². The predicted octanol–water partition coefficient (Wildman–Crippen LogP) is 2.90. The van der Waals surface area contributed by atoms with Gasteiger partial charge in [0.25, 0.3) is 0 Å². The van der Waals surface area contributed by atoms with E-state index in [1.54, 1.807) is 16.9 Å². The van der Waals surface area contributed by atoms with Crippen molar-refractivity contribution in [1.29, 1.82) is 0 Å². The van der Waals surface area contributed by atoms with Gasteiger partial charge in [0.1, 0.15) is 11.6 Å². The molecule has 23 heavy (non-hydrogen) atoms. The first kappa shape index (κ1) is 15.4. The van der Waals surface area contributed by atoms with Crippen molar-refractivity contribution in [3.63, 3.8) is 0 Å². The molecule has 0 amide bonds. The monoisotopic (exact) mass is 313 g/mol. The normalized spacial score (nSPS) is 12.5. The number of rotatable bonds is 5. The van der Waals surface area contributed by atoms with Gasteiger partial charge in [-0.05, 0) is 32.0 Å². The van der Waals surface area contributed by atoms with Crippen LogP contribution in [0.2, 0.25) is 0 Å². The van der Waals surface area contributed by atoms with Crippen molar-refractivity contribution in [3.8, 4) is 5.69 Å². The molecule has 0 spiro atoms. The van der Waals surface area contributed by atoms with Gasteiger partial charge in [-0.2, -0.15) is 5.10 Å². The Balaban J connectivity index is 1.77. The summed E-state index contributed by atoms with van der Waals surface area (Å²) in [6, 6.07) is 6.57. The molecular weight excluding hydrogens is 293 g/mol. The molecule has 0 saturated carbocycles. The van der Waals surface area contributed by atoms with Gasteiger partial charge >= 0.3 is 0 Å². The van der Waals surface area contributed by atoms with Crippen LogP contribution in [-0.2, 0) is 13.6 Å². The van der Waals surface area contributed by atoms with E-state index in [0.717, 1.165) is 22.8 Å². The minimum atomic E-state index is -0.264. The highest BCUT2D eigenvalue weighted by Gasteiger charge is 2.14. The molecule has 0 aliphatic heterocycles. The van der Waals surface area contributed by atoms with Crippen LogP contribution in [0.1, 0.15) is 30.0 Å². The van der Waals surface area contributed by atoms with Crippen LogP contribution in [-0.4, -0.2) is 19.3 Å². The molecule has 5 nitrogen and oxygen atoms in total. The molecule has 3 rings (SSSR count). The van der Waals surface area contributed by atoms with Gasteiger partial charge in [-0.3, -0.25) is 0 Å². The zero-order chi connectivity index (χ0) is 16.4. The third kappa shape index (κ3) is 3.17. The average molecular weight is 313 g/mol. The summed E-state index contributed by atoms with van der Waals surface area (Å²) in [6.07, 6.45) is 5.54. The summed E-state index contributed by atoms with van der Waals surface area (Å²) in [4.78, 5) is 4.30. The zero-order valence-corrected chi connectivity index (χ0v) is 13.5. The second-order valence-corrected chi connectivity index (χ2v) is 5.63. The number of benzene rings is 1. The summed E-state index contributed by atoms with van der Waals surface area (Å²) in [7, 11) is 1.97. The summed E-state index contributed by atoms with van der Waals surface area (Å²) < 4.78 is 17.2. The van der Waals surface area contributed by atoms with Gasteiger partial charge in [-0.25, -0.2) is 14.1 Å². The molecule has 2 heterocycles. The Kier molecular flexibility index (Phi) is 4.25. The molecule has 0 unspecified atom stereocenters. The highest BCUT2D eigenvalue weighted by molar-refractivity contribution is 5.35. The SMILES string of the molecule is Cc1c([C@@H](C)NCc2nccn2C)cnn1-c1cccc(F)c1. The lowest BCUT2D eigenvalue weighted by Crippen LogP contribution is -2.20. The molecular formula is C17H20FN5. The second-order valence-electron chi connectivity index (χ2n) is 5.63. The Bertz CT molecular complexity index is 805. The summed E-state index contributed by atoms with van der Waals surface area (Å²) in [5, 5.41) is 7.85. The number of hydrogen-bond acceptors (Lipinski definition) is 3. The van der Waals surface area contributed by atoms with E-state index in [2.05, 4.69) is 22.3 Å². The van der Waals surface area contributed by atoms with Gasteiger partial charge in [0.05, 0.1) is 18.4 Å². The highest BCUT2D eigenvalue weighted by atomic mass is 19.1. The Morgan fingerprint density at radius 1 is 1.35 bits per heavy atom. The third-order valence-electron chi connectivity index (χ3n) is 4.05. The smallest absolute Gasteiger partial charge is 0.125 e. The van der Waals surface area contributed by atoms with Crippen LogP contribution in [0.15, 0.2) is 42.9 Å². The first-order valence-corrected chi connectivity index (χ1v) is 7.56. The average Bonchev–Trinajstić information content (AvgIpc) is 3.11. The molecule has 1 aromatic carbocycles. The number of hydrogen-bond donors (Lipinski definition) is 1. The molecule has 0 saturated heterocycles. The topological polar surface area (TPSA) is 47.7 Å². The summed E-state index contributed by atoms with van der Waals surface area (Å²) in [5.41, 5.74) is 2.81. The lowest BCUT2D eigenvalue weighted by molar-refractivity contribution is 0.547. The highest BCUT2D eigenvalue weighted by Crippen LogP contribution is 2.20. The Labute approximate surface area is 134 Å². The van der Waals surface area contributed by atoms with Crippen LogP contribution >= 0.6 is 0 Å². The maximum atomic E-state index is 13.4. The van der Waals surface area contributed by atoms with Crippen molar-refractivity contribution in [3.05, 3.63) is 65.8 Å². The molecule has 0 aliphatic carbocycles. The van der Waals surface area contributed by atoms with Gasteiger partial charge in [0.2, 0.25) is 0 Å². The van der Waals surface area contributed by atoms with Crippen molar-refractivity contribution in [2.75, 3.05) is 0 Å². The van der Waals surface area contributed by atoms with Crippen LogP contribution in [0, 0.1) is 12.7 Å². The fourth-order valence-electron chi connectivity index (χ4n) is 2.64. The van der Waals surface area contributed by atoms with Gasteiger partial charge < -0.3 is 9.88 Å². The molecule has 1 N–H and O–H groups in total. The third-order valence-corrected chi connectivity index (χ3v) is 4.05. The zero-order valence-electron chi connectivity index (χ0n) is 13.5. The van der Waals surface area contributed by atoms with E-state index in [1.807, 2.05) is 37.0 Å². The molecule has 120 valence electrons. The first-order chi connectivity index (χ1) is 11.1. The van der Waals surface area contributed by atoms with E-state index >= 15 is 0 Å². The maximum Gasteiger partial charge on any atom is 0.125 e. The molecule has 1 atom stereocenters. The molecule has 2 aromatic heterocycles. The van der Waals surface area contributed by atoms with E-state index in [-0.39, 0.29) is 11.9 Å². The van der Waals surface area contributed by atoms with E-state index in [4.69, 9.17) is 0 Å². The largest absolute Gasteiger partial charge is 0.337 e. The van der Waals surface area contributed by atoms with Crippen molar-refractivity contribution in [2.45, 2.75) is 26.4 Å². The van der Waals surface area contributed by atoms with Gasteiger partial charge in [0, 0.05) is 36.7 Å². The van der Waals surface area contributed by atoms with Crippen molar-refractivity contribution >= 4 is 0 Å². The first-order valence-electron chi connectivity index (χ1n) is 7.56. The minimum Gasteiger partial charge on any atom is -0.337 e. The van der Waals surface area contributed by atoms with Crippen molar-refractivity contribution in [1.82, 2.24) is 24.6 Å². The molecule has 0 fully saturated rings. The Hall–Kier alpha value is -2.47. The molecule has 0 aliphatic rings. The minimum absolute atomic E-state index is 0.119. The van der Waals surface area contributed by atoms with E-state index < -0.39 is 0 Å². The second kappa shape index (κ2) is 6.34. The van der Waals surface area contributed by atoms with Gasteiger partial charge in [-0.15, -0.1) is 0 Å². The Morgan fingerprint density at radius 3 is 2.87 bits per heavy atom. The summed E-state index contributed by atoms with van der Waals surface area (Å²) in [5.74, 6) is 0.715. The van der Waals surface area contributed by atoms with Crippen LogP contribution in [0.4, 0.5) is 4.39 Å². The van der Waals surface area contributed by atoms with E-state index in [9.17, 15) is 4.39 Å². The standard InChI is InChI=1S/C17H20FN5/c1-12(20-11-17-19-7-8-22(17)3)16-10-21-23(13(16)2)15-6-4-5-14(18)9-15/h4-10,12,20H,11H2,1-3H3/t12-/m1/s1. The lowest BCUT2D eigenvalue weighted by Gasteiger charge is -2.14. The van der Waals surface area contributed by atoms with Crippen LogP contribution in [0.25, 0.3) is 5.69 Å². The van der Waals surface area contributed by atoms with Crippen molar-refractivity contribution in [2.24, 2.45) is 7.05 Å². The molecule has 0 radical (unpaired) electrons. The fraction of sp³-hybridized carbons (Fsp3) is 0.294. The number of aryl methyl sites for hydroxylation is 1. The lowest BCUT2D eigenvalue weighted by atomic mass is 10.1. The number of imidazole rings is 1. The van der Waals surface area contributed by atoms with Crippen LogP contribution in [0.5, 0.6) is 0 Å². The van der Waals surface area contributed by atoms with Crippen molar-refractivity contribution < 1.29 is 4.39 Å². The Morgan fingerprint density at radius 2 is 2.17 bits per heavy atom. The predicted molar refractivity (Wildman–Crippen MR) is 86.7 cm³/mol. The number of nitrogens with one attached hydrogen (secondary N) is 1. The maximum absolute atomic E-state index is 13.4. The van der Waals surface area contributed by atoms with Crippen LogP contribution in [0.3, 0.4) is 0 Å². The van der Waals surface area contributed by atoms with E-state index in [1.165, 1.54) is 12.1 Å². The van der Waals surface area contributed by atoms with Gasteiger partial charge in [0.15, 0.2) is 0 Å². The molecule has 6 heteroatoms. The number of halogens is 1.